The predicted molar refractivity (Wildman–Crippen MR) is 197 cm³/mol. The number of rotatable bonds is 13. The van der Waals surface area contributed by atoms with Crippen LogP contribution < -0.4 is 16.4 Å². The molecule has 0 bridgehead atoms. The number of pyridine rings is 1. The van der Waals surface area contributed by atoms with Gasteiger partial charge in [-0.3, -0.25) is 25.1 Å². The third-order valence-electron chi connectivity index (χ3n) is 12.5. The number of aliphatic hydroxyl groups excluding tert-OH is 1. The van der Waals surface area contributed by atoms with Gasteiger partial charge in [0.1, 0.15) is 17.7 Å². The Morgan fingerprint density at radius 2 is 1.63 bits per heavy atom. The lowest BCUT2D eigenvalue weighted by molar-refractivity contribution is -0.159. The number of nitrogens with one attached hydrogen (secondary N) is 2. The molecule has 4 aliphatic carbocycles. The Morgan fingerprint density at radius 3 is 2.28 bits per heavy atom. The molecule has 8 N–H and O–H groups in total. The lowest BCUT2D eigenvalue weighted by Crippen LogP contribution is -2.54. The second-order valence-electron chi connectivity index (χ2n) is 15.8. The molecule has 2 spiro atoms. The summed E-state index contributed by atoms with van der Waals surface area (Å²) in [5.41, 5.74) is 5.85. The number of amides is 2. The smallest absolute Gasteiger partial charge is 0.353 e. The van der Waals surface area contributed by atoms with Gasteiger partial charge in [0.05, 0.1) is 5.25 Å². The van der Waals surface area contributed by atoms with E-state index in [0.717, 1.165) is 101 Å². The highest BCUT2D eigenvalue weighted by atomic mass is 32.2. The van der Waals surface area contributed by atoms with Gasteiger partial charge in [-0.05, 0) is 85.0 Å². The van der Waals surface area contributed by atoms with Gasteiger partial charge in [0.15, 0.2) is 0 Å². The van der Waals surface area contributed by atoms with Crippen molar-refractivity contribution in [3.05, 3.63) is 53.1 Å². The van der Waals surface area contributed by atoms with Crippen molar-refractivity contribution in [2.45, 2.75) is 126 Å². The van der Waals surface area contributed by atoms with E-state index in [1.807, 2.05) is 17.4 Å². The first-order valence-electron chi connectivity index (χ1n) is 19.2. The molecule has 5 aliphatic rings. The highest BCUT2D eigenvalue weighted by Gasteiger charge is 2.57. The van der Waals surface area contributed by atoms with Crippen LogP contribution in [0.3, 0.4) is 0 Å². The first-order chi connectivity index (χ1) is 25.8. The quantitative estimate of drug-likeness (QED) is 0.0868. The lowest BCUT2D eigenvalue weighted by atomic mass is 9.57. The van der Waals surface area contributed by atoms with E-state index in [0.29, 0.717) is 5.76 Å². The number of nitrogens with two attached hydrogens (primary N) is 1. The molecule has 1 aromatic heterocycles. The largest absolute Gasteiger partial charge is 0.478 e. The second kappa shape index (κ2) is 16.5. The zero-order valence-corrected chi connectivity index (χ0v) is 31.3. The van der Waals surface area contributed by atoms with Crippen LogP contribution >= 0.6 is 11.8 Å². The fraction of sp³-hybridized carbons (Fsp3) is 0.641. The van der Waals surface area contributed by atoms with E-state index >= 15 is 0 Å². The fourth-order valence-electron chi connectivity index (χ4n) is 9.82. The number of carbonyl (C=O) groups is 5. The molecular weight excluding hydrogens is 717 g/mol. The summed E-state index contributed by atoms with van der Waals surface area (Å²) < 4.78 is 6.44. The third-order valence-corrected chi connectivity index (χ3v) is 14.1. The molecule has 6 unspecified atom stereocenters. The maximum Gasteiger partial charge on any atom is 0.353 e. The van der Waals surface area contributed by atoms with Crippen LogP contribution in [-0.4, -0.2) is 84.1 Å². The number of aromatic nitrogens is 1. The number of hydrogen-bond donors (Lipinski definition) is 7. The van der Waals surface area contributed by atoms with Crippen molar-refractivity contribution in [1.29, 1.82) is 0 Å². The SMILES string of the molecule is NC(O)(CCC(=O)NC(CSC1C2=C3C(C=C(Cc4ccncc4)C4(CCCC4)C3CCCCCC13CCCC3)C(=O)O2)C(=O)NC(O)C(=O)O)C(=O)O. The topological polar surface area (TPSA) is 238 Å². The van der Waals surface area contributed by atoms with Crippen molar-refractivity contribution in [2.24, 2.45) is 28.4 Å². The molecule has 2 amide bonds. The van der Waals surface area contributed by atoms with Crippen LogP contribution in [0.5, 0.6) is 0 Å². The van der Waals surface area contributed by atoms with Crippen molar-refractivity contribution in [3.63, 3.8) is 0 Å². The minimum Gasteiger partial charge on any atom is -0.478 e. The molecule has 2 fully saturated rings. The number of carbonyl (C=O) groups excluding carboxylic acids is 3. The Hall–Kier alpha value is -3.79. The van der Waals surface area contributed by atoms with Gasteiger partial charge in [-0.1, -0.05) is 56.6 Å². The van der Waals surface area contributed by atoms with Crippen LogP contribution in [0.2, 0.25) is 0 Å². The van der Waals surface area contributed by atoms with Crippen molar-refractivity contribution >= 4 is 41.5 Å². The molecule has 2 saturated carbocycles. The number of esters is 1. The molecule has 2 heterocycles. The molecule has 14 nitrogen and oxygen atoms in total. The Balaban J connectivity index is 1.38. The Kier molecular flexibility index (Phi) is 12.2. The molecule has 6 rings (SSSR count). The number of carboxylic acids is 2. The van der Waals surface area contributed by atoms with Crippen LogP contribution in [0.25, 0.3) is 0 Å². The van der Waals surface area contributed by atoms with E-state index in [1.54, 1.807) is 12.4 Å². The molecule has 0 saturated heterocycles. The van der Waals surface area contributed by atoms with Crippen molar-refractivity contribution < 1.29 is 49.1 Å². The summed E-state index contributed by atoms with van der Waals surface area (Å²) >= 11 is 1.39. The number of nitrogens with zero attached hydrogens (tertiary/aromatic N) is 1. The number of fused-ring (bicyclic) bond motifs is 1. The van der Waals surface area contributed by atoms with Gasteiger partial charge in [0, 0.05) is 31.0 Å². The molecular formula is C39H52N4O10S. The number of ether oxygens (including phenoxy) is 1. The van der Waals surface area contributed by atoms with Crippen LogP contribution in [-0.2, 0) is 35.1 Å². The van der Waals surface area contributed by atoms with Crippen LogP contribution in [0.15, 0.2) is 47.5 Å². The molecule has 15 heteroatoms. The number of aliphatic hydroxyl groups is 2. The van der Waals surface area contributed by atoms with E-state index in [4.69, 9.17) is 10.5 Å². The number of thioether (sulfide) groups is 1. The summed E-state index contributed by atoms with van der Waals surface area (Å²) in [6.07, 6.45) is 16.0. The van der Waals surface area contributed by atoms with Gasteiger partial charge in [-0.2, -0.15) is 0 Å². The molecule has 294 valence electrons. The predicted octanol–water partition coefficient (Wildman–Crippen LogP) is 3.31. The molecule has 54 heavy (non-hydrogen) atoms. The number of aliphatic carboxylic acids is 2. The van der Waals surface area contributed by atoms with Gasteiger partial charge in [-0.25, -0.2) is 9.59 Å². The average molecular weight is 769 g/mol. The first-order valence-corrected chi connectivity index (χ1v) is 20.2. The van der Waals surface area contributed by atoms with Crippen molar-refractivity contribution in [2.75, 3.05) is 5.75 Å². The fourth-order valence-corrected chi connectivity index (χ4v) is 11.5. The standard InChI is InChI=1S/C39H52N4O10S/c40-39(52,36(50)51)17-9-28(44)42-27(32(45)43-33(46)34(47)48)22-54-31-30-29-25(35(49)53-30)21-24(20-23-10-18-41-19-11-23)38(15-6-7-16-38)26(29)8-2-1-3-12-37(31)13-4-5-14-37/h10-11,18-19,21,25-27,31,33,46,52H,1-9,12-17,20,22,40H2,(H,42,44)(H,43,45)(H,47,48)(H,50,51). The Morgan fingerprint density at radius 1 is 0.981 bits per heavy atom. The van der Waals surface area contributed by atoms with E-state index in [9.17, 15) is 44.4 Å². The summed E-state index contributed by atoms with van der Waals surface area (Å²) in [6.45, 7) is 0. The van der Waals surface area contributed by atoms with Crippen molar-refractivity contribution in [1.82, 2.24) is 15.6 Å². The molecule has 0 aromatic carbocycles. The molecule has 1 aliphatic heterocycles. The third kappa shape index (κ3) is 8.24. The van der Waals surface area contributed by atoms with E-state index in [2.05, 4.69) is 16.4 Å². The highest BCUT2D eigenvalue weighted by molar-refractivity contribution is 8.00. The van der Waals surface area contributed by atoms with Gasteiger partial charge in [-0.15, -0.1) is 11.8 Å². The van der Waals surface area contributed by atoms with Gasteiger partial charge < -0.3 is 35.8 Å². The van der Waals surface area contributed by atoms with Crippen LogP contribution in [0.1, 0.15) is 102 Å². The molecule has 0 radical (unpaired) electrons. The van der Waals surface area contributed by atoms with Crippen molar-refractivity contribution in [3.8, 4) is 0 Å². The van der Waals surface area contributed by atoms with Gasteiger partial charge >= 0.3 is 17.9 Å². The summed E-state index contributed by atoms with van der Waals surface area (Å²) in [5.74, 6) is -5.31. The number of hydrogen-bond acceptors (Lipinski definition) is 11. The van der Waals surface area contributed by atoms with Crippen LogP contribution in [0.4, 0.5) is 0 Å². The highest BCUT2D eigenvalue weighted by Crippen LogP contribution is 2.63. The number of allylic oxidation sites excluding steroid dienone is 1. The Labute approximate surface area is 318 Å². The van der Waals surface area contributed by atoms with E-state index < -0.39 is 60.5 Å². The van der Waals surface area contributed by atoms with E-state index in [1.165, 1.54) is 17.3 Å². The summed E-state index contributed by atoms with van der Waals surface area (Å²) in [4.78, 5) is 67.6. The summed E-state index contributed by atoms with van der Waals surface area (Å²) in [6, 6.07) is 2.69. The van der Waals surface area contributed by atoms with Crippen LogP contribution in [0, 0.1) is 22.7 Å². The Bertz CT molecular complexity index is 1670. The second-order valence-corrected chi connectivity index (χ2v) is 17.0. The van der Waals surface area contributed by atoms with E-state index in [-0.39, 0.29) is 33.7 Å². The minimum atomic E-state index is -2.68. The zero-order valence-electron chi connectivity index (χ0n) is 30.5. The lowest BCUT2D eigenvalue weighted by Gasteiger charge is -2.47. The normalized spacial score (nSPS) is 26.6. The maximum absolute atomic E-state index is 14.1. The summed E-state index contributed by atoms with van der Waals surface area (Å²) in [5, 5.41) is 42.6. The molecule has 6 atom stereocenters. The zero-order chi connectivity index (χ0) is 38.7. The van der Waals surface area contributed by atoms with Gasteiger partial charge in [0.2, 0.25) is 23.8 Å². The minimum absolute atomic E-state index is 0.0694. The monoisotopic (exact) mass is 768 g/mol. The number of carboxylic acid groups (broad SMARTS) is 2. The first kappa shape index (κ1) is 39.9. The summed E-state index contributed by atoms with van der Waals surface area (Å²) in [7, 11) is 0. The molecule has 1 aromatic rings. The van der Waals surface area contributed by atoms with Gasteiger partial charge in [0.25, 0.3) is 0 Å². The maximum atomic E-state index is 14.1. The average Bonchev–Trinajstić information content (AvgIpc) is 3.89.